The fraction of sp³-hybridized carbons (Fsp3) is 0. The van der Waals surface area contributed by atoms with Crippen LogP contribution in [0.3, 0.4) is 0 Å². The highest BCUT2D eigenvalue weighted by atomic mass is 32.1. The molecule has 4 nitrogen and oxygen atoms in total. The molecule has 0 saturated carbocycles. The van der Waals surface area contributed by atoms with Crippen LogP contribution < -0.4 is 5.73 Å². The normalized spacial score (nSPS) is 10.9. The summed E-state index contributed by atoms with van der Waals surface area (Å²) in [5.74, 6) is 0. The van der Waals surface area contributed by atoms with E-state index in [9.17, 15) is 0 Å². The van der Waals surface area contributed by atoms with Gasteiger partial charge in [-0.1, -0.05) is 0 Å². The molecule has 2 N–H and O–H groups in total. The van der Waals surface area contributed by atoms with Crippen molar-refractivity contribution in [1.82, 2.24) is 14.8 Å². The minimum absolute atomic E-state index is 0.737. The Bertz CT molecular complexity index is 597. The van der Waals surface area contributed by atoms with E-state index >= 15 is 0 Å². The molecule has 0 amide bonds. The summed E-state index contributed by atoms with van der Waals surface area (Å²) in [7, 11) is 0. The van der Waals surface area contributed by atoms with Crippen LogP contribution in [0.25, 0.3) is 16.0 Å². The maximum atomic E-state index is 5.75. The molecule has 0 saturated heterocycles. The minimum Gasteiger partial charge on any atom is -0.399 e. The molecule has 2 aromatic heterocycles. The van der Waals surface area contributed by atoms with Crippen LogP contribution in [0.5, 0.6) is 0 Å². The first-order valence-corrected chi connectivity index (χ1v) is 5.36. The van der Waals surface area contributed by atoms with Crippen molar-refractivity contribution in [3.8, 4) is 5.13 Å². The van der Waals surface area contributed by atoms with Crippen LogP contribution in [-0.4, -0.2) is 14.8 Å². The van der Waals surface area contributed by atoms with Gasteiger partial charge in [-0.15, -0.1) is 11.3 Å². The maximum absolute atomic E-state index is 5.75. The molecule has 0 bridgehead atoms. The molecule has 0 unspecified atom stereocenters. The molecule has 2 heterocycles. The average Bonchev–Trinajstić information content (AvgIpc) is 2.83. The van der Waals surface area contributed by atoms with Crippen LogP contribution in [0.4, 0.5) is 5.69 Å². The predicted molar refractivity (Wildman–Crippen MR) is 61.2 cm³/mol. The number of nitrogens with two attached hydrogens (primary N) is 1. The van der Waals surface area contributed by atoms with Crippen LogP contribution in [0.15, 0.2) is 36.0 Å². The molecule has 0 aliphatic carbocycles. The zero-order chi connectivity index (χ0) is 10.3. The van der Waals surface area contributed by atoms with Gasteiger partial charge >= 0.3 is 0 Å². The molecule has 74 valence electrons. The zero-order valence-corrected chi connectivity index (χ0v) is 8.61. The predicted octanol–water partition coefficient (Wildman–Crippen LogP) is 2.06. The summed E-state index contributed by atoms with van der Waals surface area (Å²) in [5, 5.41) is 8.14. The van der Waals surface area contributed by atoms with Crippen molar-refractivity contribution in [2.75, 3.05) is 5.73 Å². The van der Waals surface area contributed by atoms with Gasteiger partial charge in [0.15, 0.2) is 0 Å². The number of nitrogen functional groups attached to an aromatic ring is 1. The lowest BCUT2D eigenvalue weighted by atomic mass is 10.2. The molecule has 0 atom stereocenters. The SMILES string of the molecule is Nc1ccc2cnn(-c3nccs3)c2c1. The highest BCUT2D eigenvalue weighted by molar-refractivity contribution is 7.12. The van der Waals surface area contributed by atoms with E-state index in [2.05, 4.69) is 10.1 Å². The highest BCUT2D eigenvalue weighted by Crippen LogP contribution is 2.21. The Balaban J connectivity index is 2.32. The number of fused-ring (bicyclic) bond motifs is 1. The molecule has 0 aliphatic heterocycles. The number of thiazole rings is 1. The number of benzene rings is 1. The fourth-order valence-corrected chi connectivity index (χ4v) is 2.12. The van der Waals surface area contributed by atoms with E-state index in [1.54, 1.807) is 22.2 Å². The van der Waals surface area contributed by atoms with E-state index < -0.39 is 0 Å². The van der Waals surface area contributed by atoms with Crippen molar-refractivity contribution >= 4 is 27.9 Å². The van der Waals surface area contributed by atoms with Crippen molar-refractivity contribution < 1.29 is 0 Å². The first-order chi connectivity index (χ1) is 7.34. The van der Waals surface area contributed by atoms with Gasteiger partial charge in [-0.2, -0.15) is 5.10 Å². The van der Waals surface area contributed by atoms with Gasteiger partial charge in [0.1, 0.15) is 0 Å². The summed E-state index contributed by atoms with van der Waals surface area (Å²) in [6.45, 7) is 0. The maximum Gasteiger partial charge on any atom is 0.210 e. The molecule has 15 heavy (non-hydrogen) atoms. The Morgan fingerprint density at radius 1 is 1.33 bits per heavy atom. The molecular weight excluding hydrogens is 208 g/mol. The van der Waals surface area contributed by atoms with Crippen LogP contribution >= 0.6 is 11.3 Å². The number of aromatic nitrogens is 3. The summed E-state index contributed by atoms with van der Waals surface area (Å²) in [4.78, 5) is 4.22. The average molecular weight is 216 g/mol. The Morgan fingerprint density at radius 2 is 2.27 bits per heavy atom. The van der Waals surface area contributed by atoms with Crippen molar-refractivity contribution in [3.63, 3.8) is 0 Å². The van der Waals surface area contributed by atoms with Crippen molar-refractivity contribution in [2.24, 2.45) is 0 Å². The summed E-state index contributed by atoms with van der Waals surface area (Å²) >= 11 is 1.55. The fourth-order valence-electron chi connectivity index (χ4n) is 1.51. The molecule has 1 aromatic carbocycles. The summed E-state index contributed by atoms with van der Waals surface area (Å²) < 4.78 is 1.80. The van der Waals surface area contributed by atoms with E-state index in [4.69, 9.17) is 5.73 Å². The number of hydrogen-bond donors (Lipinski definition) is 1. The zero-order valence-electron chi connectivity index (χ0n) is 7.79. The smallest absolute Gasteiger partial charge is 0.210 e. The highest BCUT2D eigenvalue weighted by Gasteiger charge is 2.06. The summed E-state index contributed by atoms with van der Waals surface area (Å²) in [6.07, 6.45) is 3.58. The molecule has 3 rings (SSSR count). The van der Waals surface area contributed by atoms with Gasteiger partial charge in [-0.05, 0) is 18.2 Å². The van der Waals surface area contributed by atoms with E-state index in [1.165, 1.54) is 0 Å². The van der Waals surface area contributed by atoms with Crippen molar-refractivity contribution in [1.29, 1.82) is 0 Å². The molecule has 0 spiro atoms. The second-order valence-electron chi connectivity index (χ2n) is 3.19. The topological polar surface area (TPSA) is 56.7 Å². The third-order valence-electron chi connectivity index (χ3n) is 2.20. The van der Waals surface area contributed by atoms with Crippen molar-refractivity contribution in [2.45, 2.75) is 0 Å². The second-order valence-corrected chi connectivity index (χ2v) is 4.06. The lowest BCUT2D eigenvalue weighted by molar-refractivity contribution is 0.899. The van der Waals surface area contributed by atoms with Gasteiger partial charge in [0.25, 0.3) is 0 Å². The van der Waals surface area contributed by atoms with Gasteiger partial charge in [0.05, 0.1) is 11.7 Å². The Labute approximate surface area is 90.0 Å². The third kappa shape index (κ3) is 1.28. The molecule has 0 fully saturated rings. The third-order valence-corrected chi connectivity index (χ3v) is 2.94. The Morgan fingerprint density at radius 3 is 3.07 bits per heavy atom. The van der Waals surface area contributed by atoms with Crippen molar-refractivity contribution in [3.05, 3.63) is 36.0 Å². The lowest BCUT2D eigenvalue weighted by Gasteiger charge is -1.98. The van der Waals surface area contributed by atoms with E-state index in [0.717, 1.165) is 21.7 Å². The number of hydrogen-bond acceptors (Lipinski definition) is 4. The summed E-state index contributed by atoms with van der Waals surface area (Å²) in [6, 6.07) is 5.74. The van der Waals surface area contributed by atoms with Gasteiger partial charge in [0, 0.05) is 22.7 Å². The van der Waals surface area contributed by atoms with Gasteiger partial charge in [0.2, 0.25) is 5.13 Å². The Kier molecular flexibility index (Phi) is 1.72. The van der Waals surface area contributed by atoms with Crippen LogP contribution in [0.2, 0.25) is 0 Å². The number of rotatable bonds is 1. The van der Waals surface area contributed by atoms with E-state index in [1.807, 2.05) is 29.8 Å². The molecule has 0 radical (unpaired) electrons. The van der Waals surface area contributed by atoms with Crippen LogP contribution in [-0.2, 0) is 0 Å². The minimum atomic E-state index is 0.737. The summed E-state index contributed by atoms with van der Waals surface area (Å²) in [5.41, 5.74) is 7.47. The first-order valence-electron chi connectivity index (χ1n) is 4.48. The first kappa shape index (κ1) is 8.43. The molecule has 0 aliphatic rings. The second kappa shape index (κ2) is 3.06. The van der Waals surface area contributed by atoms with E-state index in [-0.39, 0.29) is 0 Å². The monoisotopic (exact) mass is 216 g/mol. The Hall–Kier alpha value is -1.88. The van der Waals surface area contributed by atoms with Gasteiger partial charge in [-0.3, -0.25) is 0 Å². The molecule has 5 heteroatoms. The molecular formula is C10H8N4S. The van der Waals surface area contributed by atoms with Gasteiger partial charge in [-0.25, -0.2) is 9.67 Å². The lowest BCUT2D eigenvalue weighted by Crippen LogP contribution is -1.95. The van der Waals surface area contributed by atoms with Crippen LogP contribution in [0.1, 0.15) is 0 Å². The largest absolute Gasteiger partial charge is 0.399 e. The van der Waals surface area contributed by atoms with E-state index in [0.29, 0.717) is 0 Å². The van der Waals surface area contributed by atoms with Crippen LogP contribution in [0, 0.1) is 0 Å². The quantitative estimate of drug-likeness (QED) is 0.633. The standard InChI is InChI=1S/C10H8N4S/c11-8-2-1-7-6-13-14(9(7)5-8)10-12-3-4-15-10/h1-6H,11H2. The van der Waals surface area contributed by atoms with Gasteiger partial charge < -0.3 is 5.73 Å². The molecule has 3 aromatic rings. The number of anilines is 1. The number of nitrogens with zero attached hydrogens (tertiary/aromatic N) is 3.